The molecule has 0 aliphatic carbocycles. The van der Waals surface area contributed by atoms with Gasteiger partial charge in [0.25, 0.3) is 0 Å². The lowest BCUT2D eigenvalue weighted by molar-refractivity contribution is -0.156. The smallest absolute Gasteiger partial charge is 0.320 e. The molecule has 3 atom stereocenters. The zero-order valence-corrected chi connectivity index (χ0v) is 10.7. The molecule has 0 spiro atoms. The van der Waals surface area contributed by atoms with Crippen LogP contribution in [-0.4, -0.2) is 11.9 Å². The Morgan fingerprint density at radius 2 is 1.88 bits per heavy atom. The van der Waals surface area contributed by atoms with E-state index in [-0.39, 0.29) is 24.3 Å². The minimum atomic E-state index is -0.554. The van der Waals surface area contributed by atoms with Gasteiger partial charge in [0.15, 0.2) is 0 Å². The molecule has 1 fully saturated rings. The summed E-state index contributed by atoms with van der Waals surface area (Å²) in [6, 6.07) is 0. The molecule has 0 radical (unpaired) electrons. The molecule has 0 aromatic rings. The van der Waals surface area contributed by atoms with Crippen molar-refractivity contribution < 1.29 is 14.3 Å². The van der Waals surface area contributed by atoms with Crippen LogP contribution in [0.1, 0.15) is 53.4 Å². The van der Waals surface area contributed by atoms with Crippen LogP contribution in [0.3, 0.4) is 0 Å². The normalized spacial score (nSPS) is 29.0. The molecule has 1 aliphatic rings. The monoisotopic (exact) mass is 226 g/mol. The third kappa shape index (κ3) is 2.28. The van der Waals surface area contributed by atoms with Gasteiger partial charge in [0.05, 0.1) is 11.8 Å². The second-order valence-electron chi connectivity index (χ2n) is 5.12. The summed E-state index contributed by atoms with van der Waals surface area (Å²) in [7, 11) is 0. The average molecular weight is 226 g/mol. The van der Waals surface area contributed by atoms with E-state index in [4.69, 9.17) is 4.74 Å². The van der Waals surface area contributed by atoms with Crippen LogP contribution in [0.4, 0.5) is 0 Å². The number of carbonyl (C=O) groups is 2. The molecule has 0 aromatic heterocycles. The van der Waals surface area contributed by atoms with Crippen LogP contribution in [0.25, 0.3) is 0 Å². The van der Waals surface area contributed by atoms with Gasteiger partial charge < -0.3 is 4.74 Å². The molecule has 3 heteroatoms. The van der Waals surface area contributed by atoms with Crippen LogP contribution < -0.4 is 0 Å². The second kappa shape index (κ2) is 4.98. The van der Waals surface area contributed by atoms with Crippen LogP contribution >= 0.6 is 0 Å². The average Bonchev–Trinajstić information content (AvgIpc) is 2.53. The Kier molecular flexibility index (Phi) is 4.11. The molecule has 0 bridgehead atoms. The summed E-state index contributed by atoms with van der Waals surface area (Å²) < 4.78 is 4.77. The lowest BCUT2D eigenvalue weighted by Gasteiger charge is -2.32. The Hall–Kier alpha value is -0.860. The standard InChI is InChI=1S/C13H22O3/c1-5-9(3)7-13(10(4)6-2)8-11(14)16-12(13)15/h9-10H,5-8H2,1-4H3. The Bertz CT molecular complexity index is 285. The van der Waals surface area contributed by atoms with Gasteiger partial charge in [-0.05, 0) is 18.3 Å². The van der Waals surface area contributed by atoms with Crippen molar-refractivity contribution >= 4 is 11.9 Å². The molecule has 0 N–H and O–H groups in total. The summed E-state index contributed by atoms with van der Waals surface area (Å²) >= 11 is 0. The van der Waals surface area contributed by atoms with Gasteiger partial charge in [-0.25, -0.2) is 0 Å². The molecule has 1 saturated heterocycles. The maximum absolute atomic E-state index is 11.9. The first kappa shape index (κ1) is 13.2. The zero-order valence-electron chi connectivity index (χ0n) is 10.7. The van der Waals surface area contributed by atoms with E-state index < -0.39 is 5.41 Å². The highest BCUT2D eigenvalue weighted by Crippen LogP contribution is 2.45. The first-order chi connectivity index (χ1) is 7.46. The molecule has 92 valence electrons. The Labute approximate surface area is 97.5 Å². The van der Waals surface area contributed by atoms with E-state index in [9.17, 15) is 9.59 Å². The van der Waals surface area contributed by atoms with E-state index in [0.29, 0.717) is 5.92 Å². The van der Waals surface area contributed by atoms with E-state index in [0.717, 1.165) is 19.3 Å². The van der Waals surface area contributed by atoms with Crippen LogP contribution in [0.5, 0.6) is 0 Å². The minimum absolute atomic E-state index is 0.209. The molecular weight excluding hydrogens is 204 g/mol. The van der Waals surface area contributed by atoms with Crippen LogP contribution in [0, 0.1) is 17.3 Å². The highest BCUT2D eigenvalue weighted by atomic mass is 16.6. The summed E-state index contributed by atoms with van der Waals surface area (Å²) in [5.74, 6) is 0.00801. The number of ether oxygens (including phenoxy) is 1. The van der Waals surface area contributed by atoms with Crippen LogP contribution in [-0.2, 0) is 14.3 Å². The third-order valence-corrected chi connectivity index (χ3v) is 4.04. The first-order valence-corrected chi connectivity index (χ1v) is 6.21. The van der Waals surface area contributed by atoms with Crippen LogP contribution in [0.15, 0.2) is 0 Å². The fourth-order valence-electron chi connectivity index (χ4n) is 2.46. The van der Waals surface area contributed by atoms with Gasteiger partial charge in [-0.1, -0.05) is 40.5 Å². The fraction of sp³-hybridized carbons (Fsp3) is 0.846. The molecule has 0 aromatic carbocycles. The maximum atomic E-state index is 11.9. The van der Waals surface area contributed by atoms with Crippen LogP contribution in [0.2, 0.25) is 0 Å². The lowest BCUT2D eigenvalue weighted by atomic mass is 9.68. The molecule has 1 rings (SSSR count). The van der Waals surface area contributed by atoms with Gasteiger partial charge in [0.1, 0.15) is 0 Å². The van der Waals surface area contributed by atoms with E-state index in [1.54, 1.807) is 0 Å². The number of hydrogen-bond acceptors (Lipinski definition) is 3. The van der Waals surface area contributed by atoms with Gasteiger partial charge in [0, 0.05) is 0 Å². The molecule has 3 nitrogen and oxygen atoms in total. The van der Waals surface area contributed by atoms with Gasteiger partial charge in [0.2, 0.25) is 0 Å². The Morgan fingerprint density at radius 1 is 1.25 bits per heavy atom. The van der Waals surface area contributed by atoms with Crippen molar-refractivity contribution in [3.05, 3.63) is 0 Å². The van der Waals surface area contributed by atoms with Crippen molar-refractivity contribution in [3.8, 4) is 0 Å². The number of carbonyl (C=O) groups excluding carboxylic acids is 2. The predicted octanol–water partition coefficient (Wildman–Crippen LogP) is 2.93. The topological polar surface area (TPSA) is 43.4 Å². The van der Waals surface area contributed by atoms with E-state index >= 15 is 0 Å². The van der Waals surface area contributed by atoms with Crippen molar-refractivity contribution in [2.45, 2.75) is 53.4 Å². The van der Waals surface area contributed by atoms with E-state index in [2.05, 4.69) is 20.8 Å². The van der Waals surface area contributed by atoms with Crippen molar-refractivity contribution in [1.82, 2.24) is 0 Å². The summed E-state index contributed by atoms with van der Waals surface area (Å²) in [6.07, 6.45) is 2.97. The summed E-state index contributed by atoms with van der Waals surface area (Å²) in [4.78, 5) is 23.2. The predicted molar refractivity (Wildman–Crippen MR) is 61.7 cm³/mol. The SMILES string of the molecule is CCC(C)CC1(C(C)CC)CC(=O)OC1=O. The molecule has 3 unspecified atom stereocenters. The molecule has 0 saturated carbocycles. The fourth-order valence-corrected chi connectivity index (χ4v) is 2.46. The molecule has 0 amide bonds. The van der Waals surface area contributed by atoms with E-state index in [1.807, 2.05) is 6.92 Å². The largest absolute Gasteiger partial charge is 0.393 e. The summed E-state index contributed by atoms with van der Waals surface area (Å²) in [5, 5.41) is 0. The third-order valence-electron chi connectivity index (χ3n) is 4.04. The van der Waals surface area contributed by atoms with Gasteiger partial charge in [-0.3, -0.25) is 9.59 Å². The number of cyclic esters (lactones) is 2. The summed E-state index contributed by atoms with van der Waals surface area (Å²) in [5.41, 5.74) is -0.554. The minimum Gasteiger partial charge on any atom is -0.393 e. The highest BCUT2D eigenvalue weighted by molar-refractivity contribution is 5.97. The van der Waals surface area contributed by atoms with Crippen molar-refractivity contribution in [3.63, 3.8) is 0 Å². The van der Waals surface area contributed by atoms with E-state index in [1.165, 1.54) is 0 Å². The van der Waals surface area contributed by atoms with Gasteiger partial charge >= 0.3 is 11.9 Å². The molecule has 16 heavy (non-hydrogen) atoms. The lowest BCUT2D eigenvalue weighted by Crippen LogP contribution is -2.35. The maximum Gasteiger partial charge on any atom is 0.320 e. The molecule has 1 heterocycles. The van der Waals surface area contributed by atoms with Crippen molar-refractivity contribution in [2.24, 2.45) is 17.3 Å². The van der Waals surface area contributed by atoms with Crippen molar-refractivity contribution in [1.29, 1.82) is 0 Å². The Morgan fingerprint density at radius 3 is 2.25 bits per heavy atom. The number of rotatable bonds is 5. The quantitative estimate of drug-likeness (QED) is 0.534. The summed E-state index contributed by atoms with van der Waals surface area (Å²) in [6.45, 7) is 8.33. The van der Waals surface area contributed by atoms with Gasteiger partial charge in [-0.2, -0.15) is 0 Å². The number of esters is 2. The highest BCUT2D eigenvalue weighted by Gasteiger charge is 2.52. The van der Waals surface area contributed by atoms with Crippen molar-refractivity contribution in [2.75, 3.05) is 0 Å². The number of hydrogen-bond donors (Lipinski definition) is 0. The molecular formula is C13H22O3. The molecule has 1 aliphatic heterocycles. The van der Waals surface area contributed by atoms with Gasteiger partial charge in [-0.15, -0.1) is 0 Å². The second-order valence-corrected chi connectivity index (χ2v) is 5.12. The first-order valence-electron chi connectivity index (χ1n) is 6.21. The Balaban J connectivity index is 2.93. The zero-order chi connectivity index (χ0) is 12.3.